The number of rotatable bonds is 3. The summed E-state index contributed by atoms with van der Waals surface area (Å²) < 4.78 is 10.9. The summed E-state index contributed by atoms with van der Waals surface area (Å²) >= 11 is 6.13. The quantitative estimate of drug-likeness (QED) is 0.894. The molecule has 0 radical (unpaired) electrons. The van der Waals surface area contributed by atoms with E-state index in [1.807, 2.05) is 4.90 Å². The van der Waals surface area contributed by atoms with Crippen LogP contribution in [0.25, 0.3) is 0 Å². The van der Waals surface area contributed by atoms with E-state index in [0.717, 1.165) is 25.6 Å². The van der Waals surface area contributed by atoms with Crippen molar-refractivity contribution in [2.75, 3.05) is 45.3 Å². The highest BCUT2D eigenvalue weighted by molar-refractivity contribution is 6.32. The summed E-state index contributed by atoms with van der Waals surface area (Å²) in [6.07, 6.45) is 2.64. The van der Waals surface area contributed by atoms with Gasteiger partial charge in [-0.25, -0.2) is 4.79 Å². The molecule has 1 aliphatic carbocycles. The molecule has 1 aromatic rings. The Morgan fingerprint density at radius 3 is 2.88 bits per heavy atom. The Hall–Kier alpha value is -1.50. The van der Waals surface area contributed by atoms with Crippen molar-refractivity contribution in [3.63, 3.8) is 0 Å². The van der Waals surface area contributed by atoms with E-state index in [2.05, 4.69) is 10.2 Å². The van der Waals surface area contributed by atoms with Crippen LogP contribution in [-0.4, -0.2) is 67.9 Å². The number of carbonyl (C=O) groups excluding carboxylic acids is 1. The molecule has 3 fully saturated rings. The van der Waals surface area contributed by atoms with Crippen molar-refractivity contribution in [1.29, 1.82) is 0 Å². The average Bonchev–Trinajstić information content (AvgIpc) is 3.46. The normalized spacial score (nSPS) is 26.9. The predicted molar refractivity (Wildman–Crippen MR) is 96.4 cm³/mol. The third-order valence-electron chi connectivity index (χ3n) is 5.41. The number of nitrogens with zero attached hydrogens (tertiary/aromatic N) is 2. The maximum absolute atomic E-state index is 12.6. The standard InChI is InChI=1S/C18H24ClN3O3/c1-24-17-5-4-13(8-15(17)19)20-18(23)21-6-7-22-14(9-21)10-25-11-16(22)12-2-3-12/h4-5,8,12,14,16H,2-3,6-7,9-11H2,1H3,(H,20,23)/t14-,16-/m1/s1. The fourth-order valence-corrected chi connectivity index (χ4v) is 4.15. The molecule has 7 heteroatoms. The van der Waals surface area contributed by atoms with Crippen LogP contribution >= 0.6 is 11.6 Å². The monoisotopic (exact) mass is 365 g/mol. The van der Waals surface area contributed by atoms with Gasteiger partial charge in [-0.15, -0.1) is 0 Å². The summed E-state index contributed by atoms with van der Waals surface area (Å²) in [5.41, 5.74) is 0.675. The second kappa shape index (κ2) is 7.02. The minimum absolute atomic E-state index is 0.0885. The molecule has 1 saturated carbocycles. The number of hydrogen-bond acceptors (Lipinski definition) is 4. The third-order valence-corrected chi connectivity index (χ3v) is 5.70. The molecule has 2 atom stereocenters. The second-order valence-corrected chi connectivity index (χ2v) is 7.47. The zero-order valence-electron chi connectivity index (χ0n) is 14.4. The van der Waals surface area contributed by atoms with E-state index in [0.29, 0.717) is 41.7 Å². The maximum atomic E-state index is 12.6. The van der Waals surface area contributed by atoms with Crippen LogP contribution in [-0.2, 0) is 4.74 Å². The Balaban J connectivity index is 1.37. The van der Waals surface area contributed by atoms with Crippen LogP contribution in [0.15, 0.2) is 18.2 Å². The molecule has 0 aromatic heterocycles. The zero-order chi connectivity index (χ0) is 17.4. The molecular weight excluding hydrogens is 342 g/mol. The third kappa shape index (κ3) is 3.57. The van der Waals surface area contributed by atoms with Gasteiger partial charge in [-0.1, -0.05) is 11.6 Å². The number of halogens is 1. The number of amides is 2. The smallest absolute Gasteiger partial charge is 0.321 e. The molecule has 6 nitrogen and oxygen atoms in total. The molecule has 136 valence electrons. The molecule has 2 heterocycles. The van der Waals surface area contributed by atoms with Gasteiger partial charge < -0.3 is 19.7 Å². The lowest BCUT2D eigenvalue weighted by molar-refractivity contribution is -0.0796. The number of hydrogen-bond donors (Lipinski definition) is 1. The molecular formula is C18H24ClN3O3. The number of methoxy groups -OCH3 is 1. The van der Waals surface area contributed by atoms with Gasteiger partial charge in [0.25, 0.3) is 0 Å². The lowest BCUT2D eigenvalue weighted by Crippen LogP contribution is -2.63. The number of anilines is 1. The van der Waals surface area contributed by atoms with E-state index in [4.69, 9.17) is 21.1 Å². The van der Waals surface area contributed by atoms with Gasteiger partial charge in [0.05, 0.1) is 31.4 Å². The lowest BCUT2D eigenvalue weighted by atomic mass is 10.0. The first-order chi connectivity index (χ1) is 12.2. The van der Waals surface area contributed by atoms with Gasteiger partial charge in [-0.2, -0.15) is 0 Å². The van der Waals surface area contributed by atoms with Gasteiger partial charge >= 0.3 is 6.03 Å². The van der Waals surface area contributed by atoms with Crippen LogP contribution in [0.2, 0.25) is 5.02 Å². The number of nitrogens with one attached hydrogen (secondary N) is 1. The molecule has 2 amide bonds. The summed E-state index contributed by atoms with van der Waals surface area (Å²) in [6, 6.07) is 6.02. The SMILES string of the molecule is COc1ccc(NC(=O)N2CCN3[C@@H](COC[C@@H]3C3CC3)C2)cc1Cl. The van der Waals surface area contributed by atoms with Gasteiger partial charge in [0.15, 0.2) is 0 Å². The summed E-state index contributed by atoms with van der Waals surface area (Å²) in [7, 11) is 1.57. The van der Waals surface area contributed by atoms with Gasteiger partial charge in [-0.05, 0) is 37.0 Å². The van der Waals surface area contributed by atoms with Crippen molar-refractivity contribution in [3.8, 4) is 5.75 Å². The van der Waals surface area contributed by atoms with E-state index < -0.39 is 0 Å². The first-order valence-corrected chi connectivity index (χ1v) is 9.26. The number of urea groups is 1. The van der Waals surface area contributed by atoms with E-state index in [-0.39, 0.29) is 6.03 Å². The van der Waals surface area contributed by atoms with Crippen LogP contribution in [0.5, 0.6) is 5.75 Å². The van der Waals surface area contributed by atoms with Crippen LogP contribution in [0.3, 0.4) is 0 Å². The zero-order valence-corrected chi connectivity index (χ0v) is 15.2. The topological polar surface area (TPSA) is 54.0 Å². The Morgan fingerprint density at radius 1 is 1.32 bits per heavy atom. The highest BCUT2D eigenvalue weighted by atomic mass is 35.5. The summed E-state index contributed by atoms with van der Waals surface area (Å²) in [4.78, 5) is 17.1. The first-order valence-electron chi connectivity index (χ1n) is 8.88. The molecule has 1 N–H and O–H groups in total. The Morgan fingerprint density at radius 2 is 2.16 bits per heavy atom. The molecule has 0 spiro atoms. The number of benzene rings is 1. The predicted octanol–water partition coefficient (Wildman–Crippen LogP) is 2.68. The van der Waals surface area contributed by atoms with E-state index >= 15 is 0 Å². The summed E-state index contributed by atoms with van der Waals surface area (Å²) in [6.45, 7) is 3.93. The van der Waals surface area contributed by atoms with Gasteiger partial charge in [0, 0.05) is 31.4 Å². The van der Waals surface area contributed by atoms with Crippen molar-refractivity contribution in [1.82, 2.24) is 9.80 Å². The minimum atomic E-state index is -0.0885. The van der Waals surface area contributed by atoms with Crippen molar-refractivity contribution < 1.29 is 14.3 Å². The van der Waals surface area contributed by atoms with E-state index in [1.165, 1.54) is 12.8 Å². The Labute approximate surface area is 153 Å². The molecule has 0 unspecified atom stereocenters. The molecule has 2 saturated heterocycles. The number of fused-ring (bicyclic) bond motifs is 1. The number of ether oxygens (including phenoxy) is 2. The average molecular weight is 366 g/mol. The maximum Gasteiger partial charge on any atom is 0.321 e. The first kappa shape index (κ1) is 16.9. The highest BCUT2D eigenvalue weighted by Gasteiger charge is 2.43. The summed E-state index contributed by atoms with van der Waals surface area (Å²) in [5, 5.41) is 3.42. The van der Waals surface area contributed by atoms with Crippen molar-refractivity contribution in [3.05, 3.63) is 23.2 Å². The van der Waals surface area contributed by atoms with Crippen LogP contribution < -0.4 is 10.1 Å². The second-order valence-electron chi connectivity index (χ2n) is 7.06. The van der Waals surface area contributed by atoms with Crippen LogP contribution in [0.1, 0.15) is 12.8 Å². The number of carbonyl (C=O) groups is 1. The molecule has 3 aliphatic rings. The van der Waals surface area contributed by atoms with Crippen molar-refractivity contribution >= 4 is 23.3 Å². The molecule has 2 aliphatic heterocycles. The number of piperazine rings is 1. The number of morpholine rings is 1. The molecule has 1 aromatic carbocycles. The van der Waals surface area contributed by atoms with Crippen LogP contribution in [0, 0.1) is 5.92 Å². The van der Waals surface area contributed by atoms with E-state index in [1.54, 1.807) is 25.3 Å². The van der Waals surface area contributed by atoms with Crippen LogP contribution in [0.4, 0.5) is 10.5 Å². The minimum Gasteiger partial charge on any atom is -0.495 e. The highest BCUT2D eigenvalue weighted by Crippen LogP contribution is 2.38. The molecule has 4 rings (SSSR count). The largest absolute Gasteiger partial charge is 0.495 e. The van der Waals surface area contributed by atoms with Gasteiger partial charge in [-0.3, -0.25) is 4.90 Å². The lowest BCUT2D eigenvalue weighted by Gasteiger charge is -2.48. The molecule has 25 heavy (non-hydrogen) atoms. The Kier molecular flexibility index (Phi) is 4.75. The Bertz CT molecular complexity index is 652. The summed E-state index contributed by atoms with van der Waals surface area (Å²) in [5.74, 6) is 1.39. The fraction of sp³-hybridized carbons (Fsp3) is 0.611. The van der Waals surface area contributed by atoms with Gasteiger partial charge in [0.1, 0.15) is 5.75 Å². The molecule has 0 bridgehead atoms. The van der Waals surface area contributed by atoms with Crippen molar-refractivity contribution in [2.45, 2.75) is 24.9 Å². The van der Waals surface area contributed by atoms with Gasteiger partial charge in [0.2, 0.25) is 0 Å². The van der Waals surface area contributed by atoms with E-state index in [9.17, 15) is 4.79 Å². The fourth-order valence-electron chi connectivity index (χ4n) is 3.89. The van der Waals surface area contributed by atoms with Crippen molar-refractivity contribution in [2.24, 2.45) is 5.92 Å².